The molecule has 0 aliphatic heterocycles. The summed E-state index contributed by atoms with van der Waals surface area (Å²) in [6, 6.07) is -2.02. The summed E-state index contributed by atoms with van der Waals surface area (Å²) in [5, 5.41) is 8.55. The Morgan fingerprint density at radius 2 is 2.00 bits per heavy atom. The molecule has 0 aliphatic rings. The fourth-order valence-electron chi connectivity index (χ4n) is 0.802. The maximum absolute atomic E-state index is 11.2. The molecule has 0 spiro atoms. The van der Waals surface area contributed by atoms with Crippen LogP contribution in [0.2, 0.25) is 0 Å². The van der Waals surface area contributed by atoms with Crippen molar-refractivity contribution in [1.29, 1.82) is 0 Å². The number of carbonyl (C=O) groups excluding carboxylic acids is 1. The maximum atomic E-state index is 11.2. The first kappa shape index (κ1) is 14.2. The average Bonchev–Trinajstić information content (AvgIpc) is 2.16. The average molecular weight is 236 g/mol. The van der Waals surface area contributed by atoms with E-state index in [0.29, 0.717) is 12.2 Å². The second-order valence-electron chi connectivity index (χ2n) is 3.12. The zero-order valence-corrected chi connectivity index (χ0v) is 9.31. The largest absolute Gasteiger partial charge is 0.480 e. The number of hydrogen-bond donors (Lipinski definition) is 4. The SMILES string of the molecule is C[C@@H](OC(=O)[C@@H](N)CCS)[C@H](N)C(=O)O. The molecule has 0 saturated heterocycles. The van der Waals surface area contributed by atoms with Crippen LogP contribution in [0.4, 0.5) is 0 Å². The standard InChI is InChI=1S/C8H16N2O4S/c1-4(6(10)7(11)12)14-8(13)5(9)2-3-15/h4-6,15H,2-3,9-10H2,1H3,(H,11,12)/t4-,5+,6+/m1/s1. The van der Waals surface area contributed by atoms with Gasteiger partial charge < -0.3 is 21.3 Å². The van der Waals surface area contributed by atoms with Crippen LogP contribution in [0.5, 0.6) is 0 Å². The molecule has 0 rings (SSSR count). The van der Waals surface area contributed by atoms with E-state index >= 15 is 0 Å². The van der Waals surface area contributed by atoms with E-state index in [2.05, 4.69) is 12.6 Å². The number of carbonyl (C=O) groups is 2. The topological polar surface area (TPSA) is 116 Å². The van der Waals surface area contributed by atoms with Crippen molar-refractivity contribution in [3.63, 3.8) is 0 Å². The molecule has 0 heterocycles. The molecule has 15 heavy (non-hydrogen) atoms. The van der Waals surface area contributed by atoms with Crippen molar-refractivity contribution >= 4 is 24.6 Å². The third-order valence-electron chi connectivity index (χ3n) is 1.84. The molecule has 0 amide bonds. The summed E-state index contributed by atoms with van der Waals surface area (Å²) in [6.45, 7) is 1.41. The molecule has 7 heteroatoms. The van der Waals surface area contributed by atoms with Crippen molar-refractivity contribution in [3.8, 4) is 0 Å². The van der Waals surface area contributed by atoms with Crippen LogP contribution in [-0.2, 0) is 14.3 Å². The van der Waals surface area contributed by atoms with Gasteiger partial charge in [-0.2, -0.15) is 12.6 Å². The van der Waals surface area contributed by atoms with Gasteiger partial charge in [0.15, 0.2) is 0 Å². The van der Waals surface area contributed by atoms with Crippen LogP contribution in [0, 0.1) is 0 Å². The fourth-order valence-corrected chi connectivity index (χ4v) is 1.08. The highest BCUT2D eigenvalue weighted by Gasteiger charge is 2.25. The molecule has 0 aromatic carbocycles. The molecule has 6 nitrogen and oxygen atoms in total. The molecule has 0 aliphatic carbocycles. The second kappa shape index (κ2) is 6.65. The van der Waals surface area contributed by atoms with Gasteiger partial charge in [0, 0.05) is 0 Å². The van der Waals surface area contributed by atoms with Crippen LogP contribution in [0.3, 0.4) is 0 Å². The number of carboxylic acid groups (broad SMARTS) is 1. The molecular weight excluding hydrogens is 220 g/mol. The third-order valence-corrected chi connectivity index (χ3v) is 2.09. The Bertz CT molecular complexity index is 237. The van der Waals surface area contributed by atoms with Gasteiger partial charge in [-0.25, -0.2) is 0 Å². The Morgan fingerprint density at radius 1 is 1.47 bits per heavy atom. The lowest BCUT2D eigenvalue weighted by Gasteiger charge is -2.19. The molecule has 0 bridgehead atoms. The van der Waals surface area contributed by atoms with Crippen LogP contribution in [0.25, 0.3) is 0 Å². The van der Waals surface area contributed by atoms with Crippen molar-refractivity contribution in [2.24, 2.45) is 11.5 Å². The Morgan fingerprint density at radius 3 is 2.40 bits per heavy atom. The zero-order valence-electron chi connectivity index (χ0n) is 8.42. The van der Waals surface area contributed by atoms with Gasteiger partial charge in [-0.05, 0) is 19.1 Å². The maximum Gasteiger partial charge on any atom is 0.324 e. The van der Waals surface area contributed by atoms with E-state index < -0.39 is 30.1 Å². The fraction of sp³-hybridized carbons (Fsp3) is 0.750. The van der Waals surface area contributed by atoms with Crippen LogP contribution in [0.1, 0.15) is 13.3 Å². The minimum absolute atomic E-state index is 0.372. The van der Waals surface area contributed by atoms with Gasteiger partial charge in [0.25, 0.3) is 0 Å². The van der Waals surface area contributed by atoms with Crippen molar-refractivity contribution in [1.82, 2.24) is 0 Å². The monoisotopic (exact) mass is 236 g/mol. The van der Waals surface area contributed by atoms with Gasteiger partial charge in [-0.15, -0.1) is 0 Å². The highest BCUT2D eigenvalue weighted by molar-refractivity contribution is 7.80. The molecular formula is C8H16N2O4S. The normalized spacial score (nSPS) is 16.5. The smallest absolute Gasteiger partial charge is 0.324 e. The predicted octanol–water partition coefficient (Wildman–Crippen LogP) is -1.02. The zero-order chi connectivity index (χ0) is 12.0. The minimum Gasteiger partial charge on any atom is -0.480 e. The summed E-state index contributed by atoms with van der Waals surface area (Å²) in [4.78, 5) is 21.7. The summed E-state index contributed by atoms with van der Waals surface area (Å²) in [5.74, 6) is -1.43. The molecule has 0 aromatic heterocycles. The van der Waals surface area contributed by atoms with Crippen molar-refractivity contribution < 1.29 is 19.4 Å². The van der Waals surface area contributed by atoms with E-state index in [1.165, 1.54) is 6.92 Å². The van der Waals surface area contributed by atoms with Crippen LogP contribution in [-0.4, -0.2) is 41.0 Å². The molecule has 88 valence electrons. The summed E-state index contributed by atoms with van der Waals surface area (Å²) >= 11 is 3.91. The summed E-state index contributed by atoms with van der Waals surface area (Å²) in [7, 11) is 0. The van der Waals surface area contributed by atoms with Crippen molar-refractivity contribution in [2.75, 3.05) is 5.75 Å². The van der Waals surface area contributed by atoms with Gasteiger partial charge in [0.1, 0.15) is 18.2 Å². The van der Waals surface area contributed by atoms with E-state index in [-0.39, 0.29) is 0 Å². The molecule has 5 N–H and O–H groups in total. The quantitative estimate of drug-likeness (QED) is 0.346. The molecule has 0 saturated carbocycles. The Kier molecular flexibility index (Phi) is 6.30. The first-order valence-electron chi connectivity index (χ1n) is 4.45. The number of hydrogen-bond acceptors (Lipinski definition) is 6. The number of nitrogens with two attached hydrogens (primary N) is 2. The van der Waals surface area contributed by atoms with Gasteiger partial charge in [0.2, 0.25) is 0 Å². The van der Waals surface area contributed by atoms with Gasteiger partial charge in [0.05, 0.1) is 0 Å². The number of thiol groups is 1. The van der Waals surface area contributed by atoms with Gasteiger partial charge >= 0.3 is 11.9 Å². The Balaban J connectivity index is 4.11. The first-order valence-corrected chi connectivity index (χ1v) is 5.08. The molecule has 0 unspecified atom stereocenters. The summed E-state index contributed by atoms with van der Waals surface area (Å²) in [5.41, 5.74) is 10.7. The van der Waals surface area contributed by atoms with Gasteiger partial charge in [-0.3, -0.25) is 9.59 Å². The van der Waals surface area contributed by atoms with E-state index in [1.54, 1.807) is 0 Å². The van der Waals surface area contributed by atoms with E-state index in [4.69, 9.17) is 21.3 Å². The number of aliphatic carboxylic acids is 1. The van der Waals surface area contributed by atoms with Crippen LogP contribution >= 0.6 is 12.6 Å². The molecule has 0 fully saturated rings. The summed E-state index contributed by atoms with van der Waals surface area (Å²) in [6.07, 6.45) is -0.530. The number of esters is 1. The van der Waals surface area contributed by atoms with Crippen molar-refractivity contribution in [3.05, 3.63) is 0 Å². The van der Waals surface area contributed by atoms with Crippen LogP contribution in [0.15, 0.2) is 0 Å². The lowest BCUT2D eigenvalue weighted by molar-refractivity contribution is -0.154. The molecule has 0 aromatic rings. The molecule has 3 atom stereocenters. The van der Waals surface area contributed by atoms with E-state index in [9.17, 15) is 9.59 Å². The Hall–Kier alpha value is -0.790. The lowest BCUT2D eigenvalue weighted by Crippen LogP contribution is -2.45. The van der Waals surface area contributed by atoms with Gasteiger partial charge in [-0.1, -0.05) is 0 Å². The molecule has 0 radical (unpaired) electrons. The van der Waals surface area contributed by atoms with Crippen LogP contribution < -0.4 is 11.5 Å². The predicted molar refractivity (Wildman–Crippen MR) is 57.6 cm³/mol. The lowest BCUT2D eigenvalue weighted by atomic mass is 10.2. The number of rotatable bonds is 6. The third kappa shape index (κ3) is 5.01. The van der Waals surface area contributed by atoms with E-state index in [0.717, 1.165) is 0 Å². The first-order chi connectivity index (χ1) is 6.90. The number of ether oxygens (including phenoxy) is 1. The second-order valence-corrected chi connectivity index (χ2v) is 3.57. The highest BCUT2D eigenvalue weighted by atomic mass is 32.1. The minimum atomic E-state index is -1.24. The van der Waals surface area contributed by atoms with E-state index in [1.807, 2.05) is 0 Å². The number of carboxylic acids is 1. The Labute approximate surface area is 93.4 Å². The van der Waals surface area contributed by atoms with Crippen molar-refractivity contribution in [2.45, 2.75) is 31.5 Å². The highest BCUT2D eigenvalue weighted by Crippen LogP contribution is 2.01. The summed E-state index contributed by atoms with van der Waals surface area (Å²) < 4.78 is 4.78.